The maximum Gasteiger partial charge on any atom is 0.404 e. The molecule has 1 rings (SSSR count). The van der Waals surface area contributed by atoms with Crippen molar-refractivity contribution in [3.8, 4) is 0 Å². The van der Waals surface area contributed by atoms with Crippen LogP contribution in [0.1, 0.15) is 67.2 Å². The van der Waals surface area contributed by atoms with Crippen LogP contribution in [-0.2, 0) is 4.74 Å². The first kappa shape index (κ1) is 20.0. The number of nitrogens with zero attached hydrogens (tertiary/aromatic N) is 2. The minimum Gasteiger partial charge on any atom is -0.476 e. The molecule has 0 amide bonds. The van der Waals surface area contributed by atoms with Gasteiger partial charge >= 0.3 is 11.3 Å². The molecule has 0 unspecified atom stereocenters. The Labute approximate surface area is 142 Å². The molecular weight excluding hydrogens is 304 g/mol. The van der Waals surface area contributed by atoms with Gasteiger partial charge in [0.2, 0.25) is 13.5 Å². The molecular formula is C18H35N2O2Si+. The lowest BCUT2D eigenvalue weighted by molar-refractivity contribution is -0.00741. The maximum absolute atomic E-state index is 10.5. The zero-order valence-corrected chi connectivity index (χ0v) is 16.9. The third kappa shape index (κ3) is 4.73. The van der Waals surface area contributed by atoms with Crippen LogP contribution in [0.4, 0.5) is 0 Å². The molecule has 0 spiro atoms. The molecule has 0 aromatic heterocycles. The van der Waals surface area contributed by atoms with Crippen molar-refractivity contribution in [2.45, 2.75) is 91.5 Å². The Morgan fingerprint density at radius 1 is 1.09 bits per heavy atom. The van der Waals surface area contributed by atoms with E-state index in [1.54, 1.807) is 0 Å². The third-order valence-corrected chi connectivity index (χ3v) is 11.4. The first-order valence-electron chi connectivity index (χ1n) is 9.19. The van der Waals surface area contributed by atoms with Gasteiger partial charge in [0.05, 0.1) is 0 Å². The van der Waals surface area contributed by atoms with Crippen molar-refractivity contribution in [3.05, 3.63) is 16.2 Å². The monoisotopic (exact) mass is 339 g/mol. The lowest BCUT2D eigenvalue weighted by Gasteiger charge is -2.36. The number of hydrogen-bond donors (Lipinski definition) is 1. The third-order valence-electron chi connectivity index (χ3n) is 6.01. The first-order chi connectivity index (χ1) is 10.7. The van der Waals surface area contributed by atoms with Gasteiger partial charge in [0.1, 0.15) is 6.10 Å². The van der Waals surface area contributed by atoms with Crippen LogP contribution in [-0.4, -0.2) is 19.3 Å². The maximum atomic E-state index is 10.5. The summed E-state index contributed by atoms with van der Waals surface area (Å²) in [4.78, 5) is 3.46. The molecule has 0 aromatic carbocycles. The molecule has 0 aliphatic heterocycles. The predicted octanol–water partition coefficient (Wildman–Crippen LogP) is 6.24. The quantitative estimate of drug-likeness (QED) is 0.354. The van der Waals surface area contributed by atoms with Gasteiger partial charge in [0.25, 0.3) is 0 Å². The number of aliphatic hydroxyl groups is 1. The second kappa shape index (κ2) is 8.19. The van der Waals surface area contributed by atoms with E-state index in [9.17, 15) is 10.5 Å². The molecule has 0 radical (unpaired) electrons. The SMILES string of the molecule is CC[Si](CC)(CC)/C([N+]#N)=C(\O)OC1CCC(C(C)(C)C)CC1. The van der Waals surface area contributed by atoms with Crippen LogP contribution in [0.5, 0.6) is 0 Å². The summed E-state index contributed by atoms with van der Waals surface area (Å²) in [6, 6.07) is 2.84. The molecule has 1 aliphatic rings. The molecule has 5 heteroatoms. The fourth-order valence-electron chi connectivity index (χ4n) is 3.89. The van der Waals surface area contributed by atoms with E-state index in [2.05, 4.69) is 46.5 Å². The van der Waals surface area contributed by atoms with Crippen molar-refractivity contribution in [2.24, 2.45) is 11.3 Å². The summed E-state index contributed by atoms with van der Waals surface area (Å²) < 4.78 is 5.83. The van der Waals surface area contributed by atoms with Crippen LogP contribution in [0.25, 0.3) is 4.98 Å². The minimum atomic E-state index is -1.95. The minimum absolute atomic E-state index is 0.0441. The Morgan fingerprint density at radius 3 is 1.91 bits per heavy atom. The second-order valence-corrected chi connectivity index (χ2v) is 13.2. The predicted molar refractivity (Wildman–Crippen MR) is 98.2 cm³/mol. The highest BCUT2D eigenvalue weighted by Crippen LogP contribution is 2.39. The lowest BCUT2D eigenvalue weighted by Crippen LogP contribution is -2.35. The largest absolute Gasteiger partial charge is 0.476 e. The van der Waals surface area contributed by atoms with Gasteiger partial charge in [0, 0.05) is 0 Å². The van der Waals surface area contributed by atoms with Crippen molar-refractivity contribution in [2.75, 3.05) is 0 Å². The van der Waals surface area contributed by atoms with E-state index in [1.165, 1.54) is 0 Å². The molecule has 1 saturated carbocycles. The van der Waals surface area contributed by atoms with Gasteiger partial charge in [-0.25, -0.2) is 0 Å². The van der Waals surface area contributed by atoms with Crippen molar-refractivity contribution in [3.63, 3.8) is 0 Å². The van der Waals surface area contributed by atoms with Crippen LogP contribution in [0, 0.1) is 16.7 Å². The zero-order valence-electron chi connectivity index (χ0n) is 15.9. The van der Waals surface area contributed by atoms with Gasteiger partial charge in [-0.05, 0) is 55.1 Å². The topological polar surface area (TPSA) is 57.6 Å². The highest BCUT2D eigenvalue weighted by Gasteiger charge is 2.47. The van der Waals surface area contributed by atoms with E-state index < -0.39 is 8.07 Å². The Hall–Kier alpha value is -1.02. The Balaban J connectivity index is 2.81. The van der Waals surface area contributed by atoms with Crippen LogP contribution in [0.2, 0.25) is 18.1 Å². The smallest absolute Gasteiger partial charge is 0.404 e. The highest BCUT2D eigenvalue weighted by atomic mass is 28.3. The molecule has 132 valence electrons. The molecule has 1 fully saturated rings. The van der Waals surface area contributed by atoms with Crippen LogP contribution >= 0.6 is 0 Å². The summed E-state index contributed by atoms with van der Waals surface area (Å²) in [7, 11) is -1.95. The van der Waals surface area contributed by atoms with Gasteiger partial charge in [0.15, 0.2) is 4.98 Å². The summed E-state index contributed by atoms with van der Waals surface area (Å²) in [5.74, 6) is 0.592. The Morgan fingerprint density at radius 2 is 1.57 bits per heavy atom. The number of ether oxygens (including phenoxy) is 1. The van der Waals surface area contributed by atoms with Crippen molar-refractivity contribution in [1.29, 1.82) is 5.39 Å². The normalized spacial score (nSPS) is 23.9. The van der Waals surface area contributed by atoms with Crippen LogP contribution < -0.4 is 0 Å². The van der Waals surface area contributed by atoms with Crippen molar-refractivity contribution >= 4 is 8.07 Å². The van der Waals surface area contributed by atoms with E-state index in [4.69, 9.17) is 4.74 Å². The Bertz CT molecular complexity index is 442. The summed E-state index contributed by atoms with van der Waals surface area (Å²) in [5.41, 5.74) is 0.336. The van der Waals surface area contributed by atoms with Crippen LogP contribution in [0.3, 0.4) is 0 Å². The van der Waals surface area contributed by atoms with Crippen LogP contribution in [0.15, 0.2) is 11.3 Å². The number of diazo groups is 1. The Kier molecular flexibility index (Phi) is 7.13. The number of rotatable bonds is 6. The number of hydrogen-bond acceptors (Lipinski definition) is 3. The van der Waals surface area contributed by atoms with E-state index in [0.29, 0.717) is 16.7 Å². The van der Waals surface area contributed by atoms with Gasteiger partial charge in [-0.2, -0.15) is 0 Å². The standard InChI is InChI=1S/C18H34N2O2Si/c1-7-23(8-2,9-3)16(20-19)17(21)22-15-12-10-14(11-13-15)18(4,5)6/h14-15H,7-13H2,1-6H3/p+1/b17-16+. The lowest BCUT2D eigenvalue weighted by atomic mass is 9.72. The van der Waals surface area contributed by atoms with Gasteiger partial charge in [-0.15, -0.1) is 0 Å². The fraction of sp³-hybridized carbons (Fsp3) is 0.889. The molecule has 0 atom stereocenters. The molecule has 1 aliphatic carbocycles. The van der Waals surface area contributed by atoms with Gasteiger partial charge in [-0.3, -0.25) is 0 Å². The molecule has 23 heavy (non-hydrogen) atoms. The van der Waals surface area contributed by atoms with E-state index >= 15 is 0 Å². The van der Waals surface area contributed by atoms with E-state index in [-0.39, 0.29) is 12.0 Å². The zero-order chi connectivity index (χ0) is 17.7. The number of aliphatic hydroxyl groups excluding tert-OH is 1. The van der Waals surface area contributed by atoms with E-state index in [0.717, 1.165) is 43.8 Å². The van der Waals surface area contributed by atoms with Gasteiger partial charge in [-0.1, -0.05) is 41.5 Å². The first-order valence-corrected chi connectivity index (χ1v) is 11.8. The fourth-order valence-corrected chi connectivity index (χ4v) is 7.12. The molecule has 0 heterocycles. The second-order valence-electron chi connectivity index (χ2n) is 8.05. The van der Waals surface area contributed by atoms with Gasteiger partial charge < -0.3 is 9.84 Å². The highest BCUT2D eigenvalue weighted by molar-refractivity contribution is 6.86. The molecule has 0 saturated heterocycles. The average molecular weight is 340 g/mol. The molecule has 0 aromatic rings. The summed E-state index contributed by atoms with van der Waals surface area (Å²) >= 11 is 0. The van der Waals surface area contributed by atoms with E-state index in [1.807, 2.05) is 0 Å². The van der Waals surface area contributed by atoms with Crippen molar-refractivity contribution in [1.82, 2.24) is 0 Å². The van der Waals surface area contributed by atoms with Crippen molar-refractivity contribution < 1.29 is 9.84 Å². The molecule has 1 N–H and O–H groups in total. The summed E-state index contributed by atoms with van der Waals surface area (Å²) in [6.07, 6.45) is 4.23. The molecule has 4 nitrogen and oxygen atoms in total. The summed E-state index contributed by atoms with van der Waals surface area (Å²) in [6.45, 7) is 13.2. The summed E-state index contributed by atoms with van der Waals surface area (Å²) in [5, 5.41) is 20.4. The average Bonchev–Trinajstić information content (AvgIpc) is 2.52. The molecule has 0 bridgehead atoms.